The van der Waals surface area contributed by atoms with Gasteiger partial charge in [0.1, 0.15) is 5.54 Å². The largest absolute Gasteiger partial charge is 0.479 e. The average molecular weight is 256 g/mol. The van der Waals surface area contributed by atoms with Crippen LogP contribution in [0.15, 0.2) is 0 Å². The average Bonchev–Trinajstić information content (AvgIpc) is 2.75. The van der Waals surface area contributed by atoms with Gasteiger partial charge in [0.15, 0.2) is 0 Å². The van der Waals surface area contributed by atoms with Crippen molar-refractivity contribution in [3.8, 4) is 0 Å². The van der Waals surface area contributed by atoms with Gasteiger partial charge in [-0.3, -0.25) is 4.79 Å². The summed E-state index contributed by atoms with van der Waals surface area (Å²) in [7, 11) is 0. The molecule has 1 unspecified atom stereocenters. The van der Waals surface area contributed by atoms with E-state index in [0.29, 0.717) is 32.4 Å². The Morgan fingerprint density at radius 2 is 2.11 bits per heavy atom. The van der Waals surface area contributed by atoms with E-state index in [1.807, 2.05) is 6.92 Å². The number of hydrogen-bond donors (Lipinski definition) is 2. The van der Waals surface area contributed by atoms with Gasteiger partial charge >= 0.3 is 5.97 Å². The third kappa shape index (κ3) is 3.02. The molecular weight excluding hydrogens is 232 g/mol. The van der Waals surface area contributed by atoms with Gasteiger partial charge in [0.05, 0.1) is 0 Å². The Kier molecular flexibility index (Phi) is 5.59. The van der Waals surface area contributed by atoms with Gasteiger partial charge in [0.2, 0.25) is 5.91 Å². The highest BCUT2D eigenvalue weighted by molar-refractivity contribution is 5.87. The molecule has 104 valence electrons. The van der Waals surface area contributed by atoms with Gasteiger partial charge in [-0.05, 0) is 38.6 Å². The maximum absolute atomic E-state index is 12.1. The SMILES string of the molecule is CCCC1(C(=O)O)CCCN1C(=O)CCCCN. The van der Waals surface area contributed by atoms with Gasteiger partial charge in [0, 0.05) is 13.0 Å². The quantitative estimate of drug-likeness (QED) is 0.674. The van der Waals surface area contributed by atoms with Crippen molar-refractivity contribution >= 4 is 11.9 Å². The molecule has 0 aromatic heterocycles. The number of aliphatic carboxylic acids is 1. The summed E-state index contributed by atoms with van der Waals surface area (Å²) in [6, 6.07) is 0. The fraction of sp³-hybridized carbons (Fsp3) is 0.846. The van der Waals surface area contributed by atoms with Crippen LogP contribution in [0.2, 0.25) is 0 Å². The van der Waals surface area contributed by atoms with Crippen LogP contribution in [0.5, 0.6) is 0 Å². The van der Waals surface area contributed by atoms with E-state index in [-0.39, 0.29) is 5.91 Å². The van der Waals surface area contributed by atoms with Crippen molar-refractivity contribution in [2.75, 3.05) is 13.1 Å². The van der Waals surface area contributed by atoms with Crippen molar-refractivity contribution in [2.45, 2.75) is 57.4 Å². The molecule has 0 saturated carbocycles. The monoisotopic (exact) mass is 256 g/mol. The summed E-state index contributed by atoms with van der Waals surface area (Å²) in [5, 5.41) is 9.47. The fourth-order valence-electron chi connectivity index (χ4n) is 2.80. The number of rotatable bonds is 7. The second-order valence-corrected chi connectivity index (χ2v) is 4.98. The van der Waals surface area contributed by atoms with Gasteiger partial charge in [-0.2, -0.15) is 0 Å². The first kappa shape index (κ1) is 15.0. The molecule has 1 aliphatic rings. The molecular formula is C13H24N2O3. The van der Waals surface area contributed by atoms with Crippen molar-refractivity contribution in [1.82, 2.24) is 4.90 Å². The first-order valence-electron chi connectivity index (χ1n) is 6.82. The Morgan fingerprint density at radius 1 is 1.39 bits per heavy atom. The number of carboxylic acid groups (broad SMARTS) is 1. The molecule has 18 heavy (non-hydrogen) atoms. The Labute approximate surface area is 108 Å². The van der Waals surface area contributed by atoms with Crippen LogP contribution in [0.25, 0.3) is 0 Å². The number of unbranched alkanes of at least 4 members (excludes halogenated alkanes) is 1. The highest BCUT2D eigenvalue weighted by Gasteiger charge is 2.48. The van der Waals surface area contributed by atoms with Crippen LogP contribution in [-0.4, -0.2) is 40.5 Å². The van der Waals surface area contributed by atoms with Crippen LogP contribution in [0.3, 0.4) is 0 Å². The fourth-order valence-corrected chi connectivity index (χ4v) is 2.80. The summed E-state index contributed by atoms with van der Waals surface area (Å²) in [5.74, 6) is -0.883. The number of nitrogens with zero attached hydrogens (tertiary/aromatic N) is 1. The Morgan fingerprint density at radius 3 is 2.67 bits per heavy atom. The van der Waals surface area contributed by atoms with Crippen molar-refractivity contribution in [3.05, 3.63) is 0 Å². The lowest BCUT2D eigenvalue weighted by atomic mass is 9.90. The normalized spacial score (nSPS) is 23.3. The first-order valence-corrected chi connectivity index (χ1v) is 6.82. The van der Waals surface area contributed by atoms with Gasteiger partial charge < -0.3 is 15.7 Å². The maximum Gasteiger partial charge on any atom is 0.329 e. The summed E-state index contributed by atoms with van der Waals surface area (Å²) >= 11 is 0. The number of nitrogens with two attached hydrogens (primary N) is 1. The highest BCUT2D eigenvalue weighted by atomic mass is 16.4. The van der Waals surface area contributed by atoms with Gasteiger partial charge in [-0.15, -0.1) is 0 Å². The van der Waals surface area contributed by atoms with E-state index in [9.17, 15) is 14.7 Å². The Balaban J connectivity index is 2.72. The molecule has 0 radical (unpaired) electrons. The van der Waals surface area contributed by atoms with Crippen LogP contribution < -0.4 is 5.73 Å². The molecule has 5 heteroatoms. The third-order valence-corrected chi connectivity index (χ3v) is 3.70. The molecule has 3 N–H and O–H groups in total. The predicted octanol–water partition coefficient (Wildman–Crippen LogP) is 1.36. The maximum atomic E-state index is 12.1. The van der Waals surface area contributed by atoms with E-state index < -0.39 is 11.5 Å². The number of hydrogen-bond acceptors (Lipinski definition) is 3. The number of likely N-dealkylation sites (tertiary alicyclic amines) is 1. The highest BCUT2D eigenvalue weighted by Crippen LogP contribution is 2.34. The van der Waals surface area contributed by atoms with Crippen molar-refractivity contribution in [2.24, 2.45) is 5.73 Å². The number of amides is 1. The topological polar surface area (TPSA) is 83.6 Å². The summed E-state index contributed by atoms with van der Waals surface area (Å²) in [6.07, 6.45) is 4.66. The Bertz CT molecular complexity index is 307. The van der Waals surface area contributed by atoms with E-state index >= 15 is 0 Å². The molecule has 0 aromatic carbocycles. The summed E-state index contributed by atoms with van der Waals surface area (Å²) in [4.78, 5) is 25.3. The van der Waals surface area contributed by atoms with Gasteiger partial charge in [-0.25, -0.2) is 4.79 Å². The van der Waals surface area contributed by atoms with Crippen LogP contribution in [-0.2, 0) is 9.59 Å². The minimum absolute atomic E-state index is 0.0307. The minimum Gasteiger partial charge on any atom is -0.479 e. The number of carbonyl (C=O) groups excluding carboxylic acids is 1. The molecule has 0 aliphatic carbocycles. The number of carboxylic acids is 1. The third-order valence-electron chi connectivity index (χ3n) is 3.70. The number of carbonyl (C=O) groups is 2. The summed E-state index contributed by atoms with van der Waals surface area (Å²) in [5.41, 5.74) is 4.45. The summed E-state index contributed by atoms with van der Waals surface area (Å²) in [6.45, 7) is 3.11. The minimum atomic E-state index is -0.950. The first-order chi connectivity index (χ1) is 8.58. The lowest BCUT2D eigenvalue weighted by Gasteiger charge is -2.34. The zero-order valence-corrected chi connectivity index (χ0v) is 11.2. The lowest BCUT2D eigenvalue weighted by molar-refractivity contribution is -0.157. The molecule has 1 fully saturated rings. The molecule has 0 spiro atoms. The summed E-state index contributed by atoms with van der Waals surface area (Å²) < 4.78 is 0. The second kappa shape index (κ2) is 6.73. The van der Waals surface area contributed by atoms with Gasteiger partial charge in [0.25, 0.3) is 0 Å². The molecule has 0 bridgehead atoms. The predicted molar refractivity (Wildman–Crippen MR) is 69.1 cm³/mol. The zero-order chi connectivity index (χ0) is 13.6. The molecule has 1 amide bonds. The van der Waals surface area contributed by atoms with E-state index in [1.165, 1.54) is 0 Å². The van der Waals surface area contributed by atoms with Crippen LogP contribution in [0, 0.1) is 0 Å². The molecule has 1 aliphatic heterocycles. The zero-order valence-electron chi connectivity index (χ0n) is 11.2. The second-order valence-electron chi connectivity index (χ2n) is 4.98. The molecule has 1 atom stereocenters. The van der Waals surface area contributed by atoms with Crippen LogP contribution >= 0.6 is 0 Å². The molecule has 1 rings (SSSR count). The van der Waals surface area contributed by atoms with Crippen molar-refractivity contribution in [3.63, 3.8) is 0 Å². The van der Waals surface area contributed by atoms with Crippen LogP contribution in [0.4, 0.5) is 0 Å². The van der Waals surface area contributed by atoms with Crippen molar-refractivity contribution in [1.29, 1.82) is 0 Å². The van der Waals surface area contributed by atoms with E-state index in [0.717, 1.165) is 25.7 Å². The molecule has 0 aromatic rings. The van der Waals surface area contributed by atoms with Gasteiger partial charge in [-0.1, -0.05) is 13.3 Å². The van der Waals surface area contributed by atoms with Crippen LogP contribution in [0.1, 0.15) is 51.9 Å². The van der Waals surface area contributed by atoms with Crippen molar-refractivity contribution < 1.29 is 14.7 Å². The molecule has 5 nitrogen and oxygen atoms in total. The van der Waals surface area contributed by atoms with E-state index in [1.54, 1.807) is 4.90 Å². The molecule has 1 heterocycles. The standard InChI is InChI=1S/C13H24N2O3/c1-2-7-13(12(17)18)8-5-10-15(13)11(16)6-3-4-9-14/h2-10,14H2,1H3,(H,17,18). The van der Waals surface area contributed by atoms with E-state index in [4.69, 9.17) is 5.73 Å². The lowest BCUT2D eigenvalue weighted by Crippen LogP contribution is -2.53. The Hall–Kier alpha value is -1.10. The van der Waals surface area contributed by atoms with E-state index in [2.05, 4.69) is 0 Å². The molecule has 1 saturated heterocycles. The smallest absolute Gasteiger partial charge is 0.329 e.